The average Bonchev–Trinajstić information content (AvgIpc) is 2.77. The quantitative estimate of drug-likeness (QED) is 0.473. The Labute approximate surface area is 128 Å². The van der Waals surface area contributed by atoms with Crippen LogP contribution in [-0.4, -0.2) is 7.11 Å². The van der Waals surface area contributed by atoms with Gasteiger partial charge in [0.2, 0.25) is 0 Å². The molecule has 96 valence electrons. The standard InChI is InChI=1S/C12H12ClIN2OS/c1-17-10-3-2-8(13)5-9(10)12(16-15)7-4-11(14)18-6-7/h2-6,12,16H,15H2,1H3. The van der Waals surface area contributed by atoms with E-state index in [1.165, 1.54) is 2.88 Å². The highest BCUT2D eigenvalue weighted by atomic mass is 127. The van der Waals surface area contributed by atoms with Gasteiger partial charge in [0.05, 0.1) is 16.0 Å². The van der Waals surface area contributed by atoms with Crippen LogP contribution < -0.4 is 16.0 Å². The fourth-order valence-corrected chi connectivity index (χ4v) is 3.35. The summed E-state index contributed by atoms with van der Waals surface area (Å²) in [6.45, 7) is 0. The normalized spacial score (nSPS) is 12.4. The van der Waals surface area contributed by atoms with Crippen molar-refractivity contribution in [3.63, 3.8) is 0 Å². The van der Waals surface area contributed by atoms with E-state index in [1.54, 1.807) is 24.5 Å². The number of ether oxygens (including phenoxy) is 1. The molecule has 0 bridgehead atoms. The van der Waals surface area contributed by atoms with Gasteiger partial charge in [-0.1, -0.05) is 11.6 Å². The van der Waals surface area contributed by atoms with E-state index in [0.717, 1.165) is 16.9 Å². The predicted molar refractivity (Wildman–Crippen MR) is 84.2 cm³/mol. The Hall–Kier alpha value is -0.340. The largest absolute Gasteiger partial charge is 0.496 e. The summed E-state index contributed by atoms with van der Waals surface area (Å²) < 4.78 is 6.57. The van der Waals surface area contributed by atoms with Crippen molar-refractivity contribution in [1.29, 1.82) is 0 Å². The number of halogens is 2. The number of hydrogen-bond acceptors (Lipinski definition) is 4. The minimum absolute atomic E-state index is 0.126. The highest BCUT2D eigenvalue weighted by Gasteiger charge is 2.18. The first kappa shape index (κ1) is 14.1. The van der Waals surface area contributed by atoms with Crippen LogP contribution >= 0.6 is 45.5 Å². The number of rotatable bonds is 4. The van der Waals surface area contributed by atoms with Crippen LogP contribution in [0.15, 0.2) is 29.6 Å². The van der Waals surface area contributed by atoms with Gasteiger partial charge in [-0.2, -0.15) is 0 Å². The molecule has 0 saturated heterocycles. The molecule has 18 heavy (non-hydrogen) atoms. The lowest BCUT2D eigenvalue weighted by molar-refractivity contribution is 0.404. The molecule has 1 aromatic carbocycles. The first-order valence-electron chi connectivity index (χ1n) is 5.19. The number of hydrogen-bond donors (Lipinski definition) is 2. The molecule has 0 aliphatic rings. The third-order valence-electron chi connectivity index (χ3n) is 2.59. The summed E-state index contributed by atoms with van der Waals surface area (Å²) in [6, 6.07) is 7.48. The van der Waals surface area contributed by atoms with E-state index < -0.39 is 0 Å². The summed E-state index contributed by atoms with van der Waals surface area (Å²) >= 11 is 10.0. The van der Waals surface area contributed by atoms with Crippen LogP contribution in [0.2, 0.25) is 5.02 Å². The van der Waals surface area contributed by atoms with Crippen molar-refractivity contribution in [2.75, 3.05) is 7.11 Å². The number of methoxy groups -OCH3 is 1. The Bertz CT molecular complexity index is 547. The van der Waals surface area contributed by atoms with Crippen molar-refractivity contribution in [3.05, 3.63) is 48.7 Å². The van der Waals surface area contributed by atoms with E-state index in [4.69, 9.17) is 22.2 Å². The lowest BCUT2D eigenvalue weighted by Crippen LogP contribution is -2.28. The second-order valence-electron chi connectivity index (χ2n) is 3.67. The van der Waals surface area contributed by atoms with Crippen molar-refractivity contribution >= 4 is 45.5 Å². The van der Waals surface area contributed by atoms with Crippen LogP contribution in [0.3, 0.4) is 0 Å². The van der Waals surface area contributed by atoms with Gasteiger partial charge in [-0.25, -0.2) is 5.43 Å². The van der Waals surface area contributed by atoms with Crippen LogP contribution in [-0.2, 0) is 0 Å². The molecular formula is C12H12ClIN2OS. The van der Waals surface area contributed by atoms with Crippen LogP contribution in [0.5, 0.6) is 5.75 Å². The molecule has 0 amide bonds. The van der Waals surface area contributed by atoms with E-state index in [-0.39, 0.29) is 6.04 Å². The molecule has 3 N–H and O–H groups in total. The summed E-state index contributed by atoms with van der Waals surface area (Å²) in [5.74, 6) is 6.44. The summed E-state index contributed by atoms with van der Waals surface area (Å²) in [5, 5.41) is 2.74. The molecule has 2 aromatic rings. The molecule has 0 saturated carbocycles. The van der Waals surface area contributed by atoms with Gasteiger partial charge in [0, 0.05) is 10.6 Å². The maximum absolute atomic E-state index is 6.04. The Morgan fingerprint density at radius 1 is 1.44 bits per heavy atom. The second kappa shape index (κ2) is 6.21. The van der Waals surface area contributed by atoms with Crippen LogP contribution in [0, 0.1) is 2.88 Å². The predicted octanol–water partition coefficient (Wildman–Crippen LogP) is 3.57. The molecule has 0 aliphatic heterocycles. The average molecular weight is 395 g/mol. The van der Waals surface area contributed by atoms with Gasteiger partial charge in [-0.15, -0.1) is 11.3 Å². The fourth-order valence-electron chi connectivity index (χ4n) is 1.77. The third-order valence-corrected chi connectivity index (χ3v) is 4.63. The van der Waals surface area contributed by atoms with Crippen molar-refractivity contribution in [2.45, 2.75) is 6.04 Å². The smallest absolute Gasteiger partial charge is 0.124 e. The summed E-state index contributed by atoms with van der Waals surface area (Å²) in [4.78, 5) is 0. The van der Waals surface area contributed by atoms with E-state index in [2.05, 4.69) is 39.5 Å². The van der Waals surface area contributed by atoms with Crippen LogP contribution in [0.4, 0.5) is 0 Å². The zero-order valence-electron chi connectivity index (χ0n) is 9.61. The van der Waals surface area contributed by atoms with Crippen LogP contribution in [0.1, 0.15) is 17.2 Å². The maximum atomic E-state index is 6.04. The maximum Gasteiger partial charge on any atom is 0.124 e. The van der Waals surface area contributed by atoms with E-state index in [1.807, 2.05) is 12.1 Å². The lowest BCUT2D eigenvalue weighted by Gasteiger charge is -2.18. The number of thiophene rings is 1. The van der Waals surface area contributed by atoms with E-state index >= 15 is 0 Å². The molecule has 6 heteroatoms. The molecular weight excluding hydrogens is 383 g/mol. The van der Waals surface area contributed by atoms with Crippen molar-refractivity contribution in [1.82, 2.24) is 5.43 Å². The van der Waals surface area contributed by atoms with Gasteiger partial charge in [-0.05, 0) is 57.8 Å². The Balaban J connectivity index is 2.47. The zero-order chi connectivity index (χ0) is 13.1. The number of nitrogens with one attached hydrogen (secondary N) is 1. The van der Waals surface area contributed by atoms with Crippen LogP contribution in [0.25, 0.3) is 0 Å². The Kier molecular flexibility index (Phi) is 4.85. The molecule has 0 radical (unpaired) electrons. The van der Waals surface area contributed by atoms with Gasteiger partial charge in [0.1, 0.15) is 5.75 Å². The molecule has 0 spiro atoms. The summed E-state index contributed by atoms with van der Waals surface area (Å²) in [5.41, 5.74) is 4.85. The first-order valence-corrected chi connectivity index (χ1v) is 7.53. The van der Waals surface area contributed by atoms with Crippen molar-refractivity contribution < 1.29 is 4.74 Å². The Morgan fingerprint density at radius 2 is 2.22 bits per heavy atom. The summed E-state index contributed by atoms with van der Waals surface area (Å²) in [7, 11) is 1.64. The minimum Gasteiger partial charge on any atom is -0.496 e. The van der Waals surface area contributed by atoms with Gasteiger partial charge in [-0.3, -0.25) is 5.84 Å². The molecule has 2 rings (SSSR count). The molecule has 1 heterocycles. The molecule has 1 unspecified atom stereocenters. The highest BCUT2D eigenvalue weighted by Crippen LogP contribution is 2.33. The molecule has 3 nitrogen and oxygen atoms in total. The first-order chi connectivity index (χ1) is 8.65. The molecule has 1 aromatic heterocycles. The zero-order valence-corrected chi connectivity index (χ0v) is 13.3. The molecule has 0 aliphatic carbocycles. The minimum atomic E-state index is -0.126. The summed E-state index contributed by atoms with van der Waals surface area (Å²) in [6.07, 6.45) is 0. The van der Waals surface area contributed by atoms with E-state index in [9.17, 15) is 0 Å². The number of benzene rings is 1. The number of hydrazine groups is 1. The second-order valence-corrected chi connectivity index (χ2v) is 6.91. The molecule has 0 fully saturated rings. The lowest BCUT2D eigenvalue weighted by atomic mass is 10.0. The third kappa shape index (κ3) is 2.97. The SMILES string of the molecule is COc1ccc(Cl)cc1C(NN)c1csc(I)c1. The van der Waals surface area contributed by atoms with Gasteiger partial charge in [0.15, 0.2) is 0 Å². The fraction of sp³-hybridized carbons (Fsp3) is 0.167. The Morgan fingerprint density at radius 3 is 2.78 bits per heavy atom. The van der Waals surface area contributed by atoms with E-state index in [0.29, 0.717) is 5.02 Å². The highest BCUT2D eigenvalue weighted by molar-refractivity contribution is 14.1. The monoisotopic (exact) mass is 394 g/mol. The van der Waals surface area contributed by atoms with Gasteiger partial charge >= 0.3 is 0 Å². The number of nitrogens with two attached hydrogens (primary N) is 1. The van der Waals surface area contributed by atoms with Gasteiger partial charge < -0.3 is 4.74 Å². The molecule has 1 atom stereocenters. The van der Waals surface area contributed by atoms with Gasteiger partial charge in [0.25, 0.3) is 0 Å². The topological polar surface area (TPSA) is 47.3 Å². The van der Waals surface area contributed by atoms with Crippen molar-refractivity contribution in [2.24, 2.45) is 5.84 Å². The van der Waals surface area contributed by atoms with Crippen molar-refractivity contribution in [3.8, 4) is 5.75 Å².